The third-order valence-corrected chi connectivity index (χ3v) is 6.57. The lowest BCUT2D eigenvalue weighted by atomic mass is 10.0. The second kappa shape index (κ2) is 10.5. The van der Waals surface area contributed by atoms with E-state index in [1.54, 1.807) is 19.9 Å². The Morgan fingerprint density at radius 3 is 2.61 bits per heavy atom. The standard InChI is InChI=1S/C23H22N4O4S2/c1-3-26-20(25-13-15-7-5-4-6-8-15)16(14(2)17(12-24)21(26)30)11-18-22(31)27(23(32)33-18)10-9-19(28)29/h4-8,11,25H,3,9-10,13H2,1-2H3,(H,28,29)/b18-11+. The Bertz CT molecular complexity index is 1250. The summed E-state index contributed by atoms with van der Waals surface area (Å²) in [6.45, 7) is 4.22. The molecular weight excluding hydrogens is 460 g/mol. The summed E-state index contributed by atoms with van der Waals surface area (Å²) in [4.78, 5) is 38.3. The highest BCUT2D eigenvalue weighted by Gasteiger charge is 2.33. The molecule has 3 rings (SSSR count). The van der Waals surface area contributed by atoms with Crippen molar-refractivity contribution in [2.75, 3.05) is 11.9 Å². The van der Waals surface area contributed by atoms with Gasteiger partial charge in [0.2, 0.25) is 0 Å². The molecule has 2 aromatic rings. The van der Waals surface area contributed by atoms with Crippen molar-refractivity contribution in [2.45, 2.75) is 33.4 Å². The monoisotopic (exact) mass is 482 g/mol. The number of hydrogen-bond donors (Lipinski definition) is 2. The first-order chi connectivity index (χ1) is 15.8. The lowest BCUT2D eigenvalue weighted by molar-refractivity contribution is -0.137. The summed E-state index contributed by atoms with van der Waals surface area (Å²) in [7, 11) is 0. The number of anilines is 1. The lowest BCUT2D eigenvalue weighted by Crippen LogP contribution is -2.30. The smallest absolute Gasteiger partial charge is 0.305 e. The van der Waals surface area contributed by atoms with Gasteiger partial charge in [0.1, 0.15) is 21.8 Å². The zero-order chi connectivity index (χ0) is 24.1. The fourth-order valence-corrected chi connectivity index (χ4v) is 4.76. The Morgan fingerprint density at radius 1 is 1.30 bits per heavy atom. The van der Waals surface area contributed by atoms with Gasteiger partial charge >= 0.3 is 5.97 Å². The summed E-state index contributed by atoms with van der Waals surface area (Å²) in [6.07, 6.45) is 1.40. The molecule has 1 aliphatic rings. The van der Waals surface area contributed by atoms with Crippen LogP contribution in [0.1, 0.15) is 35.6 Å². The zero-order valence-electron chi connectivity index (χ0n) is 18.1. The maximum Gasteiger partial charge on any atom is 0.305 e. The van der Waals surface area contributed by atoms with Crippen LogP contribution in [-0.4, -0.2) is 37.3 Å². The fourth-order valence-electron chi connectivity index (χ4n) is 3.47. The number of pyridine rings is 1. The molecule has 2 heterocycles. The molecule has 1 aromatic carbocycles. The van der Waals surface area contributed by atoms with Gasteiger partial charge in [0.05, 0.1) is 11.3 Å². The van der Waals surface area contributed by atoms with Gasteiger partial charge in [-0.1, -0.05) is 54.3 Å². The molecule has 1 fully saturated rings. The summed E-state index contributed by atoms with van der Waals surface area (Å²) in [6, 6.07) is 11.6. The summed E-state index contributed by atoms with van der Waals surface area (Å²) in [5.74, 6) is -0.920. The molecule has 0 atom stereocenters. The molecule has 1 saturated heterocycles. The molecule has 1 aliphatic heterocycles. The van der Waals surface area contributed by atoms with Crippen LogP contribution in [0, 0.1) is 18.3 Å². The highest BCUT2D eigenvalue weighted by Crippen LogP contribution is 2.35. The first-order valence-electron chi connectivity index (χ1n) is 10.2. The average molecular weight is 483 g/mol. The number of nitrogens with zero attached hydrogens (tertiary/aromatic N) is 3. The number of thiocarbonyl (C=S) groups is 1. The molecule has 170 valence electrons. The number of carboxylic acids is 1. The van der Waals surface area contributed by atoms with Gasteiger partial charge in [-0.2, -0.15) is 5.26 Å². The Kier molecular flexibility index (Phi) is 7.68. The highest BCUT2D eigenvalue weighted by atomic mass is 32.2. The van der Waals surface area contributed by atoms with Crippen molar-refractivity contribution in [1.82, 2.24) is 9.47 Å². The van der Waals surface area contributed by atoms with E-state index >= 15 is 0 Å². The first-order valence-corrected chi connectivity index (χ1v) is 11.4. The van der Waals surface area contributed by atoms with E-state index in [2.05, 4.69) is 5.32 Å². The van der Waals surface area contributed by atoms with E-state index < -0.39 is 17.4 Å². The van der Waals surface area contributed by atoms with Crippen LogP contribution in [0.15, 0.2) is 40.0 Å². The second-order valence-electron chi connectivity index (χ2n) is 7.24. The molecule has 0 saturated carbocycles. The number of carbonyl (C=O) groups excluding carboxylic acids is 1. The summed E-state index contributed by atoms with van der Waals surface area (Å²) < 4.78 is 1.75. The van der Waals surface area contributed by atoms with Gasteiger partial charge in [0, 0.05) is 25.2 Å². The Balaban J connectivity index is 2.09. The van der Waals surface area contributed by atoms with Crippen LogP contribution in [0.25, 0.3) is 6.08 Å². The summed E-state index contributed by atoms with van der Waals surface area (Å²) >= 11 is 6.34. The SMILES string of the molecule is CCn1c(NCc2ccccc2)c(/C=C2/SC(=S)N(CCC(=O)O)C2=O)c(C)c(C#N)c1=O. The van der Waals surface area contributed by atoms with Gasteiger partial charge in [-0.05, 0) is 31.1 Å². The minimum Gasteiger partial charge on any atom is -0.481 e. The zero-order valence-corrected chi connectivity index (χ0v) is 19.8. The number of nitriles is 1. The van der Waals surface area contributed by atoms with Crippen LogP contribution in [0.2, 0.25) is 0 Å². The van der Waals surface area contributed by atoms with Crippen molar-refractivity contribution in [3.05, 3.63) is 67.8 Å². The first kappa shape index (κ1) is 24.2. The number of rotatable bonds is 8. The molecule has 1 amide bonds. The van der Waals surface area contributed by atoms with Crippen LogP contribution in [0.3, 0.4) is 0 Å². The summed E-state index contributed by atoms with van der Waals surface area (Å²) in [5, 5.41) is 21.8. The molecular formula is C23H22N4O4S2. The van der Waals surface area contributed by atoms with Crippen LogP contribution >= 0.6 is 24.0 Å². The van der Waals surface area contributed by atoms with Gasteiger partial charge in [0.25, 0.3) is 11.5 Å². The van der Waals surface area contributed by atoms with Gasteiger partial charge < -0.3 is 10.4 Å². The van der Waals surface area contributed by atoms with Crippen LogP contribution in [0.5, 0.6) is 0 Å². The molecule has 0 bridgehead atoms. The van der Waals surface area contributed by atoms with E-state index in [0.29, 0.717) is 34.9 Å². The maximum absolute atomic E-state index is 12.9. The van der Waals surface area contributed by atoms with Gasteiger partial charge in [-0.15, -0.1) is 0 Å². The molecule has 8 nitrogen and oxygen atoms in total. The largest absolute Gasteiger partial charge is 0.481 e. The van der Waals surface area contributed by atoms with E-state index in [-0.39, 0.29) is 22.8 Å². The predicted octanol–water partition coefficient (Wildman–Crippen LogP) is 3.34. The Morgan fingerprint density at radius 2 is 2.00 bits per heavy atom. The molecule has 33 heavy (non-hydrogen) atoms. The van der Waals surface area contributed by atoms with Crippen LogP contribution < -0.4 is 10.9 Å². The normalized spacial score (nSPS) is 14.6. The number of aliphatic carboxylic acids is 1. The average Bonchev–Trinajstić information content (AvgIpc) is 3.06. The third kappa shape index (κ3) is 5.16. The fraction of sp³-hybridized carbons (Fsp3) is 0.261. The minimum absolute atomic E-state index is 0.00900. The number of carbonyl (C=O) groups is 2. The van der Waals surface area contributed by atoms with Crippen molar-refractivity contribution in [3.8, 4) is 6.07 Å². The van der Waals surface area contributed by atoms with E-state index in [1.165, 1.54) is 9.47 Å². The van der Waals surface area contributed by atoms with Crippen molar-refractivity contribution in [2.24, 2.45) is 0 Å². The number of nitrogens with one attached hydrogen (secondary N) is 1. The van der Waals surface area contributed by atoms with E-state index in [4.69, 9.17) is 17.3 Å². The lowest BCUT2D eigenvalue weighted by Gasteiger charge is -2.19. The van der Waals surface area contributed by atoms with Crippen LogP contribution in [0.4, 0.5) is 5.82 Å². The van der Waals surface area contributed by atoms with Crippen molar-refractivity contribution >= 4 is 52.1 Å². The molecule has 0 radical (unpaired) electrons. The van der Waals surface area contributed by atoms with Gasteiger partial charge in [-0.3, -0.25) is 23.9 Å². The number of amides is 1. The van der Waals surface area contributed by atoms with Crippen molar-refractivity contribution < 1.29 is 14.7 Å². The molecule has 0 unspecified atom stereocenters. The molecule has 0 aliphatic carbocycles. The Hall–Kier alpha value is -3.42. The quantitative estimate of drug-likeness (QED) is 0.435. The molecule has 0 spiro atoms. The van der Waals surface area contributed by atoms with E-state index in [1.807, 2.05) is 36.4 Å². The minimum atomic E-state index is -1.02. The number of carboxylic acid groups (broad SMARTS) is 1. The molecule has 2 N–H and O–H groups in total. The van der Waals surface area contributed by atoms with E-state index in [9.17, 15) is 19.6 Å². The second-order valence-corrected chi connectivity index (χ2v) is 8.92. The number of benzene rings is 1. The highest BCUT2D eigenvalue weighted by molar-refractivity contribution is 8.26. The maximum atomic E-state index is 12.9. The van der Waals surface area contributed by atoms with E-state index in [0.717, 1.165) is 17.3 Å². The predicted molar refractivity (Wildman–Crippen MR) is 132 cm³/mol. The number of aromatic nitrogens is 1. The number of hydrogen-bond acceptors (Lipinski definition) is 7. The topological polar surface area (TPSA) is 115 Å². The van der Waals surface area contributed by atoms with Gasteiger partial charge in [0.15, 0.2) is 0 Å². The Labute approximate surface area is 200 Å². The number of thioether (sulfide) groups is 1. The van der Waals surface area contributed by atoms with Crippen molar-refractivity contribution in [3.63, 3.8) is 0 Å². The summed E-state index contributed by atoms with van der Waals surface area (Å²) in [5.41, 5.74) is 1.61. The molecule has 1 aromatic heterocycles. The third-order valence-electron chi connectivity index (χ3n) is 5.19. The molecule has 10 heteroatoms. The van der Waals surface area contributed by atoms with Crippen molar-refractivity contribution in [1.29, 1.82) is 5.26 Å². The van der Waals surface area contributed by atoms with Gasteiger partial charge in [-0.25, -0.2) is 0 Å². The van der Waals surface area contributed by atoms with Crippen LogP contribution in [-0.2, 0) is 22.7 Å².